The summed E-state index contributed by atoms with van der Waals surface area (Å²) in [5.74, 6) is 1.27. The van der Waals surface area contributed by atoms with Crippen LogP contribution in [0.25, 0.3) is 0 Å². The van der Waals surface area contributed by atoms with Gasteiger partial charge >= 0.3 is 0 Å². The maximum Gasteiger partial charge on any atom is 0.260 e. The Labute approximate surface area is 161 Å². The topological polar surface area (TPSA) is 58.6 Å². The van der Waals surface area contributed by atoms with Crippen molar-refractivity contribution in [2.24, 2.45) is 0 Å². The van der Waals surface area contributed by atoms with E-state index in [2.05, 4.69) is 12.2 Å². The van der Waals surface area contributed by atoms with E-state index in [1.165, 1.54) is 5.56 Å². The van der Waals surface area contributed by atoms with Gasteiger partial charge in [-0.05, 0) is 43.4 Å². The number of rotatable bonds is 9. The lowest BCUT2D eigenvalue weighted by Gasteiger charge is -2.32. The van der Waals surface area contributed by atoms with Crippen LogP contribution in [0.1, 0.15) is 44.6 Å². The third kappa shape index (κ3) is 6.87. The number of carbonyl (C=O) groups excluding carboxylic acids is 2. The number of alkyl halides is 1. The minimum Gasteiger partial charge on any atom is -0.484 e. The van der Waals surface area contributed by atoms with Crippen LogP contribution in [0.4, 0.5) is 0 Å². The van der Waals surface area contributed by atoms with Crippen molar-refractivity contribution < 1.29 is 14.3 Å². The molecule has 0 aliphatic carbocycles. The van der Waals surface area contributed by atoms with E-state index in [4.69, 9.17) is 16.3 Å². The van der Waals surface area contributed by atoms with Crippen LogP contribution in [0, 0.1) is 0 Å². The lowest BCUT2D eigenvalue weighted by Crippen LogP contribution is -2.47. The zero-order valence-electron chi connectivity index (χ0n) is 15.5. The second kappa shape index (κ2) is 11.1. The minimum absolute atomic E-state index is 0.00505. The van der Waals surface area contributed by atoms with Crippen molar-refractivity contribution in [3.05, 3.63) is 29.8 Å². The van der Waals surface area contributed by atoms with Crippen molar-refractivity contribution in [1.82, 2.24) is 10.2 Å². The number of aryl methyl sites for hydroxylation is 1. The third-order valence-corrected chi connectivity index (χ3v) is 4.84. The molecule has 0 bridgehead atoms. The molecule has 0 atom stereocenters. The zero-order chi connectivity index (χ0) is 18.8. The molecule has 6 heteroatoms. The molecule has 1 aliphatic rings. The van der Waals surface area contributed by atoms with E-state index in [-0.39, 0.29) is 24.5 Å². The van der Waals surface area contributed by atoms with Gasteiger partial charge in [-0.3, -0.25) is 9.59 Å². The Bertz CT molecular complexity index is 569. The van der Waals surface area contributed by atoms with Gasteiger partial charge in [0.1, 0.15) is 5.75 Å². The van der Waals surface area contributed by atoms with E-state index in [0.29, 0.717) is 31.8 Å². The highest BCUT2D eigenvalue weighted by Gasteiger charge is 2.23. The standard InChI is InChI=1S/C20H29ClN2O3/c1-2-4-16-6-8-18(9-7-16)26-15-20(25)23-13-10-17(11-14-23)22-19(24)5-3-12-21/h6-9,17H,2-5,10-15H2,1H3,(H,22,24). The number of hydrogen-bond acceptors (Lipinski definition) is 3. The Kier molecular flexibility index (Phi) is 8.75. The zero-order valence-corrected chi connectivity index (χ0v) is 16.3. The van der Waals surface area contributed by atoms with Gasteiger partial charge in [-0.25, -0.2) is 0 Å². The van der Waals surface area contributed by atoms with Gasteiger partial charge in [0.25, 0.3) is 5.91 Å². The van der Waals surface area contributed by atoms with E-state index in [9.17, 15) is 9.59 Å². The molecule has 1 saturated heterocycles. The molecule has 0 spiro atoms. The summed E-state index contributed by atoms with van der Waals surface area (Å²) in [5, 5.41) is 3.02. The molecule has 0 unspecified atom stereocenters. The molecule has 2 amide bonds. The van der Waals surface area contributed by atoms with Gasteiger partial charge < -0.3 is 15.0 Å². The maximum atomic E-state index is 12.3. The Morgan fingerprint density at radius 1 is 1.23 bits per heavy atom. The van der Waals surface area contributed by atoms with Gasteiger partial charge in [-0.15, -0.1) is 11.6 Å². The monoisotopic (exact) mass is 380 g/mol. The summed E-state index contributed by atoms with van der Waals surface area (Å²) >= 11 is 5.60. The van der Waals surface area contributed by atoms with E-state index in [1.807, 2.05) is 29.2 Å². The molecule has 1 N–H and O–H groups in total. The summed E-state index contributed by atoms with van der Waals surface area (Å²) in [7, 11) is 0. The van der Waals surface area contributed by atoms with Crippen LogP contribution < -0.4 is 10.1 Å². The van der Waals surface area contributed by atoms with Crippen LogP contribution >= 0.6 is 11.6 Å². The highest BCUT2D eigenvalue weighted by Crippen LogP contribution is 2.15. The average molecular weight is 381 g/mol. The van der Waals surface area contributed by atoms with Crippen molar-refractivity contribution in [3.8, 4) is 5.75 Å². The first-order valence-corrected chi connectivity index (χ1v) is 10.0. The van der Waals surface area contributed by atoms with Gasteiger partial charge in [0.05, 0.1) is 0 Å². The van der Waals surface area contributed by atoms with Crippen LogP contribution in [0.3, 0.4) is 0 Å². The first-order valence-electron chi connectivity index (χ1n) is 9.47. The van der Waals surface area contributed by atoms with Gasteiger partial charge in [0.15, 0.2) is 6.61 Å². The predicted octanol–water partition coefficient (Wildman–Crippen LogP) is 3.14. The number of hydrogen-bond donors (Lipinski definition) is 1. The number of nitrogens with one attached hydrogen (secondary N) is 1. The minimum atomic E-state index is -0.00505. The van der Waals surface area contributed by atoms with E-state index < -0.39 is 0 Å². The number of piperidine rings is 1. The fourth-order valence-corrected chi connectivity index (χ4v) is 3.21. The molecule has 1 aromatic rings. The smallest absolute Gasteiger partial charge is 0.260 e. The van der Waals surface area contributed by atoms with E-state index in [1.54, 1.807) is 0 Å². The molecule has 1 aromatic carbocycles. The molecule has 0 radical (unpaired) electrons. The van der Waals surface area contributed by atoms with Crippen molar-refractivity contribution in [2.75, 3.05) is 25.6 Å². The number of carbonyl (C=O) groups is 2. The van der Waals surface area contributed by atoms with Gasteiger partial charge in [0.2, 0.25) is 5.91 Å². The van der Waals surface area contributed by atoms with E-state index in [0.717, 1.165) is 31.4 Å². The summed E-state index contributed by atoms with van der Waals surface area (Å²) in [6, 6.07) is 8.07. The molecule has 26 heavy (non-hydrogen) atoms. The second-order valence-corrected chi connectivity index (χ2v) is 7.08. The quantitative estimate of drug-likeness (QED) is 0.669. The summed E-state index contributed by atoms with van der Waals surface area (Å²) in [6.07, 6.45) is 4.89. The first-order chi connectivity index (χ1) is 12.6. The number of ether oxygens (including phenoxy) is 1. The van der Waals surface area contributed by atoms with Gasteiger partial charge in [-0.1, -0.05) is 25.5 Å². The normalized spacial score (nSPS) is 14.9. The largest absolute Gasteiger partial charge is 0.484 e. The van der Waals surface area contributed by atoms with Crippen molar-refractivity contribution in [3.63, 3.8) is 0 Å². The fraction of sp³-hybridized carbons (Fsp3) is 0.600. The third-order valence-electron chi connectivity index (χ3n) is 4.57. The summed E-state index contributed by atoms with van der Waals surface area (Å²) in [4.78, 5) is 25.9. The van der Waals surface area contributed by atoms with E-state index >= 15 is 0 Å². The summed E-state index contributed by atoms with van der Waals surface area (Å²) < 4.78 is 5.62. The van der Waals surface area contributed by atoms with Crippen molar-refractivity contribution in [1.29, 1.82) is 0 Å². The molecule has 1 fully saturated rings. The summed E-state index contributed by atoms with van der Waals surface area (Å²) in [6.45, 7) is 3.51. The Morgan fingerprint density at radius 2 is 1.92 bits per heavy atom. The van der Waals surface area contributed by atoms with Gasteiger partial charge in [-0.2, -0.15) is 0 Å². The number of likely N-dealkylation sites (tertiary alicyclic amines) is 1. The number of halogens is 1. The Hall–Kier alpha value is -1.75. The fourth-order valence-electron chi connectivity index (χ4n) is 3.08. The first kappa shape index (κ1) is 20.6. The Morgan fingerprint density at radius 3 is 2.54 bits per heavy atom. The van der Waals surface area contributed by atoms with Crippen LogP contribution in [-0.4, -0.2) is 48.3 Å². The average Bonchev–Trinajstić information content (AvgIpc) is 2.66. The van der Waals surface area contributed by atoms with Gasteiger partial charge in [0, 0.05) is 31.4 Å². The van der Waals surface area contributed by atoms with Crippen LogP contribution in [0.15, 0.2) is 24.3 Å². The van der Waals surface area contributed by atoms with Crippen LogP contribution in [0.2, 0.25) is 0 Å². The molecule has 1 heterocycles. The summed E-state index contributed by atoms with van der Waals surface area (Å²) in [5.41, 5.74) is 1.28. The molecule has 5 nitrogen and oxygen atoms in total. The highest BCUT2D eigenvalue weighted by molar-refractivity contribution is 6.17. The maximum absolute atomic E-state index is 12.3. The molecule has 0 saturated carbocycles. The molecular weight excluding hydrogens is 352 g/mol. The van der Waals surface area contributed by atoms with Crippen LogP contribution in [0.5, 0.6) is 5.75 Å². The molecular formula is C20H29ClN2O3. The molecule has 1 aliphatic heterocycles. The molecule has 0 aromatic heterocycles. The number of amides is 2. The SMILES string of the molecule is CCCc1ccc(OCC(=O)N2CCC(NC(=O)CCCCl)CC2)cc1. The highest BCUT2D eigenvalue weighted by atomic mass is 35.5. The van der Waals surface area contributed by atoms with Crippen LogP contribution in [-0.2, 0) is 16.0 Å². The van der Waals surface area contributed by atoms with Crippen molar-refractivity contribution >= 4 is 23.4 Å². The van der Waals surface area contributed by atoms with Crippen molar-refractivity contribution in [2.45, 2.75) is 51.5 Å². The number of benzene rings is 1. The lowest BCUT2D eigenvalue weighted by atomic mass is 10.0. The number of nitrogens with zero attached hydrogens (tertiary/aromatic N) is 1. The second-order valence-electron chi connectivity index (χ2n) is 6.70. The molecule has 2 rings (SSSR count). The lowest BCUT2D eigenvalue weighted by molar-refractivity contribution is -0.134. The molecule has 144 valence electrons. The Balaban J connectivity index is 1.68. The predicted molar refractivity (Wildman–Crippen MR) is 104 cm³/mol.